The van der Waals surface area contributed by atoms with E-state index in [-0.39, 0.29) is 11.8 Å². The lowest BCUT2D eigenvalue weighted by Crippen LogP contribution is -2.53. The van der Waals surface area contributed by atoms with Crippen LogP contribution in [0.5, 0.6) is 0 Å². The van der Waals surface area contributed by atoms with Crippen molar-refractivity contribution >= 4 is 11.8 Å². The normalized spacial score (nSPS) is 27.2. The van der Waals surface area contributed by atoms with Crippen LogP contribution in [0.25, 0.3) is 0 Å². The van der Waals surface area contributed by atoms with E-state index in [4.69, 9.17) is 11.5 Å². The summed E-state index contributed by atoms with van der Waals surface area (Å²) in [6.07, 6.45) is 6.54. The van der Waals surface area contributed by atoms with Crippen molar-refractivity contribution in [1.82, 2.24) is 4.90 Å². The molecule has 2 aliphatic rings. The molecule has 2 rings (SSSR count). The summed E-state index contributed by atoms with van der Waals surface area (Å²) in [6.45, 7) is 1.03. The van der Waals surface area contributed by atoms with Crippen LogP contribution < -0.4 is 11.5 Å². The lowest BCUT2D eigenvalue weighted by molar-refractivity contribution is -0.147. The molecular formula is C13H23N3O2. The van der Waals surface area contributed by atoms with Crippen LogP contribution in [0.1, 0.15) is 44.9 Å². The molecule has 1 aliphatic carbocycles. The summed E-state index contributed by atoms with van der Waals surface area (Å²) < 4.78 is 0. The number of amides is 2. The Hall–Kier alpha value is -1.10. The number of likely N-dealkylation sites (tertiary alicyclic amines) is 1. The zero-order chi connectivity index (χ0) is 13.2. The number of nitrogens with zero attached hydrogens (tertiary/aromatic N) is 1. The predicted octanol–water partition coefficient (Wildman–Crippen LogP) is 0.372. The molecule has 1 saturated carbocycles. The van der Waals surface area contributed by atoms with Crippen LogP contribution in [0.4, 0.5) is 0 Å². The quantitative estimate of drug-likeness (QED) is 0.761. The summed E-state index contributed by atoms with van der Waals surface area (Å²) in [7, 11) is 0. The molecule has 0 bridgehead atoms. The molecule has 0 aromatic carbocycles. The van der Waals surface area contributed by atoms with Gasteiger partial charge in [-0.05, 0) is 25.7 Å². The Morgan fingerprint density at radius 1 is 1.17 bits per heavy atom. The maximum Gasteiger partial charge on any atom is 0.240 e. The Bertz CT molecular complexity index is 337. The van der Waals surface area contributed by atoms with Gasteiger partial charge < -0.3 is 16.4 Å². The van der Waals surface area contributed by atoms with Crippen LogP contribution in [0, 0.1) is 5.41 Å². The van der Waals surface area contributed by atoms with Gasteiger partial charge >= 0.3 is 0 Å². The molecule has 0 spiro atoms. The molecule has 0 aromatic rings. The first-order chi connectivity index (χ1) is 8.60. The summed E-state index contributed by atoms with van der Waals surface area (Å²) in [5.74, 6) is -0.324. The largest absolute Gasteiger partial charge is 0.368 e. The highest BCUT2D eigenvalue weighted by atomic mass is 16.2. The van der Waals surface area contributed by atoms with E-state index < -0.39 is 11.5 Å². The third-order valence-corrected chi connectivity index (χ3v) is 4.50. The fraction of sp³-hybridized carbons (Fsp3) is 0.846. The number of rotatable bonds is 3. The van der Waals surface area contributed by atoms with Crippen LogP contribution >= 0.6 is 0 Å². The third kappa shape index (κ3) is 2.23. The lowest BCUT2D eigenvalue weighted by atomic mass is 9.73. The second-order valence-corrected chi connectivity index (χ2v) is 5.60. The van der Waals surface area contributed by atoms with Gasteiger partial charge in [0.25, 0.3) is 0 Å². The summed E-state index contributed by atoms with van der Waals surface area (Å²) in [4.78, 5) is 25.8. The first-order valence-corrected chi connectivity index (χ1v) is 6.91. The van der Waals surface area contributed by atoms with E-state index in [0.717, 1.165) is 32.1 Å². The minimum Gasteiger partial charge on any atom is -0.368 e. The first kappa shape index (κ1) is 13.3. The lowest BCUT2D eigenvalue weighted by Gasteiger charge is -2.39. The molecule has 1 aliphatic heterocycles. The monoisotopic (exact) mass is 253 g/mol. The number of hydrogen-bond acceptors (Lipinski definition) is 3. The van der Waals surface area contributed by atoms with Crippen molar-refractivity contribution in [2.75, 3.05) is 13.1 Å². The first-order valence-electron chi connectivity index (χ1n) is 6.91. The molecule has 18 heavy (non-hydrogen) atoms. The molecule has 0 aromatic heterocycles. The Kier molecular flexibility index (Phi) is 3.90. The average Bonchev–Trinajstić information content (AvgIpc) is 2.88. The van der Waals surface area contributed by atoms with Crippen LogP contribution in [-0.2, 0) is 9.59 Å². The standard InChI is InChI=1S/C13H23N3O2/c14-9-13(6-2-1-3-7-13)12(18)16-8-4-5-10(16)11(15)17/h10H,1-9,14H2,(H2,15,17). The summed E-state index contributed by atoms with van der Waals surface area (Å²) in [6, 6.07) is -0.414. The Morgan fingerprint density at radius 3 is 2.39 bits per heavy atom. The van der Waals surface area contributed by atoms with Crippen LogP contribution in [-0.4, -0.2) is 35.8 Å². The minimum absolute atomic E-state index is 0.0611. The maximum absolute atomic E-state index is 12.7. The smallest absolute Gasteiger partial charge is 0.240 e. The Morgan fingerprint density at radius 2 is 1.83 bits per heavy atom. The molecule has 1 atom stereocenters. The highest BCUT2D eigenvalue weighted by Crippen LogP contribution is 2.38. The van der Waals surface area contributed by atoms with E-state index in [0.29, 0.717) is 19.5 Å². The Labute approximate surface area is 108 Å². The highest BCUT2D eigenvalue weighted by molar-refractivity contribution is 5.90. The van der Waals surface area contributed by atoms with Crippen molar-refractivity contribution in [2.24, 2.45) is 16.9 Å². The van der Waals surface area contributed by atoms with Gasteiger partial charge in [0, 0.05) is 13.1 Å². The Balaban J connectivity index is 2.15. The molecular weight excluding hydrogens is 230 g/mol. The fourth-order valence-corrected chi connectivity index (χ4v) is 3.34. The highest BCUT2D eigenvalue weighted by Gasteiger charge is 2.44. The topological polar surface area (TPSA) is 89.4 Å². The minimum atomic E-state index is -0.434. The molecule has 1 heterocycles. The summed E-state index contributed by atoms with van der Waals surface area (Å²) in [5.41, 5.74) is 10.8. The van der Waals surface area contributed by atoms with Crippen LogP contribution in [0.3, 0.4) is 0 Å². The van der Waals surface area contributed by atoms with Crippen molar-refractivity contribution in [3.05, 3.63) is 0 Å². The number of carbonyl (C=O) groups excluding carboxylic acids is 2. The van der Waals surface area contributed by atoms with Gasteiger partial charge in [0.1, 0.15) is 6.04 Å². The molecule has 1 saturated heterocycles. The molecule has 5 nitrogen and oxygen atoms in total. The molecule has 4 N–H and O–H groups in total. The van der Waals surface area contributed by atoms with Gasteiger partial charge in [0.2, 0.25) is 11.8 Å². The van der Waals surface area contributed by atoms with Gasteiger partial charge in [0.15, 0.2) is 0 Å². The van der Waals surface area contributed by atoms with Gasteiger partial charge in [-0.2, -0.15) is 0 Å². The molecule has 102 valence electrons. The molecule has 1 unspecified atom stereocenters. The van der Waals surface area contributed by atoms with E-state index in [1.807, 2.05) is 0 Å². The molecule has 2 fully saturated rings. The zero-order valence-electron chi connectivity index (χ0n) is 10.9. The summed E-state index contributed by atoms with van der Waals surface area (Å²) >= 11 is 0. The molecule has 2 amide bonds. The zero-order valence-corrected chi connectivity index (χ0v) is 10.9. The second kappa shape index (κ2) is 5.26. The van der Waals surface area contributed by atoms with Gasteiger partial charge in [-0.15, -0.1) is 0 Å². The molecule has 0 radical (unpaired) electrons. The summed E-state index contributed by atoms with van der Waals surface area (Å²) in [5, 5.41) is 0. The van der Waals surface area contributed by atoms with E-state index in [9.17, 15) is 9.59 Å². The fourth-order valence-electron chi connectivity index (χ4n) is 3.34. The maximum atomic E-state index is 12.7. The van der Waals surface area contributed by atoms with Gasteiger partial charge in [-0.25, -0.2) is 0 Å². The van der Waals surface area contributed by atoms with Gasteiger partial charge in [-0.3, -0.25) is 9.59 Å². The van der Waals surface area contributed by atoms with E-state index >= 15 is 0 Å². The number of carbonyl (C=O) groups is 2. The average molecular weight is 253 g/mol. The number of nitrogens with two attached hydrogens (primary N) is 2. The van der Waals surface area contributed by atoms with Crippen LogP contribution in [0.2, 0.25) is 0 Å². The predicted molar refractivity (Wildman–Crippen MR) is 68.5 cm³/mol. The second-order valence-electron chi connectivity index (χ2n) is 5.60. The number of primary amides is 1. The van der Waals surface area contributed by atoms with E-state index in [1.165, 1.54) is 6.42 Å². The molecule has 5 heteroatoms. The van der Waals surface area contributed by atoms with Gasteiger partial charge in [-0.1, -0.05) is 19.3 Å². The van der Waals surface area contributed by atoms with Gasteiger partial charge in [0.05, 0.1) is 5.41 Å². The van der Waals surface area contributed by atoms with Crippen molar-refractivity contribution in [2.45, 2.75) is 51.0 Å². The van der Waals surface area contributed by atoms with Crippen LogP contribution in [0.15, 0.2) is 0 Å². The van der Waals surface area contributed by atoms with E-state index in [2.05, 4.69) is 0 Å². The van der Waals surface area contributed by atoms with Crippen molar-refractivity contribution < 1.29 is 9.59 Å². The number of hydrogen-bond donors (Lipinski definition) is 2. The van der Waals surface area contributed by atoms with Crippen molar-refractivity contribution in [3.63, 3.8) is 0 Å². The van der Waals surface area contributed by atoms with Crippen molar-refractivity contribution in [1.29, 1.82) is 0 Å². The third-order valence-electron chi connectivity index (χ3n) is 4.50. The van der Waals surface area contributed by atoms with E-state index in [1.54, 1.807) is 4.90 Å². The SMILES string of the molecule is NCC1(C(=O)N2CCCC2C(N)=O)CCCCC1. The van der Waals surface area contributed by atoms with Crippen molar-refractivity contribution in [3.8, 4) is 0 Å².